The standard InChI is InChI=1S/C11H21N3O2/c15-8-7-13-3-5-14(6-4-13)11(16)10-1-2-12-9-10/h10,12,15H,1-9H2. The second kappa shape index (κ2) is 5.61. The molecule has 16 heavy (non-hydrogen) atoms. The van der Waals surface area contributed by atoms with Crippen molar-refractivity contribution in [1.82, 2.24) is 15.1 Å². The van der Waals surface area contributed by atoms with Crippen LogP contribution in [-0.2, 0) is 4.79 Å². The van der Waals surface area contributed by atoms with Crippen molar-refractivity contribution in [3.05, 3.63) is 0 Å². The highest BCUT2D eigenvalue weighted by Crippen LogP contribution is 2.13. The summed E-state index contributed by atoms with van der Waals surface area (Å²) in [6.45, 7) is 6.17. The van der Waals surface area contributed by atoms with E-state index < -0.39 is 0 Å². The lowest BCUT2D eigenvalue weighted by Gasteiger charge is -2.35. The van der Waals surface area contributed by atoms with Crippen LogP contribution < -0.4 is 5.32 Å². The highest BCUT2D eigenvalue weighted by molar-refractivity contribution is 5.79. The van der Waals surface area contributed by atoms with Gasteiger partial charge in [0.15, 0.2) is 0 Å². The van der Waals surface area contributed by atoms with Gasteiger partial charge in [-0.25, -0.2) is 0 Å². The molecule has 2 aliphatic rings. The highest BCUT2D eigenvalue weighted by atomic mass is 16.3. The van der Waals surface area contributed by atoms with Gasteiger partial charge in [0.05, 0.1) is 12.5 Å². The Morgan fingerprint density at radius 1 is 1.31 bits per heavy atom. The number of aliphatic hydroxyl groups excluding tert-OH is 1. The van der Waals surface area contributed by atoms with Gasteiger partial charge in [0.1, 0.15) is 0 Å². The third-order valence-corrected chi connectivity index (χ3v) is 3.51. The fourth-order valence-electron chi connectivity index (χ4n) is 2.46. The number of hydrogen-bond donors (Lipinski definition) is 2. The second-order valence-electron chi connectivity index (χ2n) is 4.58. The minimum atomic E-state index is 0.199. The van der Waals surface area contributed by atoms with Crippen molar-refractivity contribution in [3.63, 3.8) is 0 Å². The van der Waals surface area contributed by atoms with Crippen molar-refractivity contribution < 1.29 is 9.90 Å². The van der Waals surface area contributed by atoms with Gasteiger partial charge >= 0.3 is 0 Å². The van der Waals surface area contributed by atoms with Crippen LogP contribution in [-0.4, -0.2) is 73.2 Å². The van der Waals surface area contributed by atoms with Crippen LogP contribution in [0.1, 0.15) is 6.42 Å². The van der Waals surface area contributed by atoms with Crippen LogP contribution in [0.2, 0.25) is 0 Å². The Morgan fingerprint density at radius 2 is 2.06 bits per heavy atom. The van der Waals surface area contributed by atoms with Gasteiger partial charge in [-0.15, -0.1) is 0 Å². The van der Waals surface area contributed by atoms with E-state index in [1.807, 2.05) is 4.90 Å². The van der Waals surface area contributed by atoms with Crippen molar-refractivity contribution in [2.45, 2.75) is 6.42 Å². The fraction of sp³-hybridized carbons (Fsp3) is 0.909. The van der Waals surface area contributed by atoms with Crippen LogP contribution in [0.3, 0.4) is 0 Å². The summed E-state index contributed by atoms with van der Waals surface area (Å²) in [5, 5.41) is 12.1. The summed E-state index contributed by atoms with van der Waals surface area (Å²) in [7, 11) is 0. The molecule has 2 saturated heterocycles. The number of rotatable bonds is 3. The maximum Gasteiger partial charge on any atom is 0.227 e. The molecule has 5 heteroatoms. The summed E-state index contributed by atoms with van der Waals surface area (Å²) >= 11 is 0. The third kappa shape index (κ3) is 2.72. The van der Waals surface area contributed by atoms with E-state index in [4.69, 9.17) is 5.11 Å². The molecule has 2 rings (SSSR count). The van der Waals surface area contributed by atoms with Gasteiger partial charge in [0.2, 0.25) is 5.91 Å². The van der Waals surface area contributed by atoms with Gasteiger partial charge in [-0.05, 0) is 13.0 Å². The molecule has 0 aromatic heterocycles. The highest BCUT2D eigenvalue weighted by Gasteiger charge is 2.28. The molecule has 1 amide bonds. The maximum absolute atomic E-state index is 12.1. The Balaban J connectivity index is 1.77. The number of piperazine rings is 1. The first-order chi connectivity index (χ1) is 7.81. The molecule has 2 fully saturated rings. The molecule has 0 aromatic carbocycles. The van der Waals surface area contributed by atoms with Gasteiger partial charge in [-0.3, -0.25) is 9.69 Å². The van der Waals surface area contributed by atoms with E-state index >= 15 is 0 Å². The Bertz CT molecular complexity index is 233. The Labute approximate surface area is 96.4 Å². The SMILES string of the molecule is O=C(C1CCNC1)N1CCN(CCO)CC1. The zero-order valence-corrected chi connectivity index (χ0v) is 9.69. The number of hydrogen-bond acceptors (Lipinski definition) is 4. The van der Waals surface area contributed by atoms with E-state index in [0.717, 1.165) is 52.2 Å². The second-order valence-corrected chi connectivity index (χ2v) is 4.58. The Kier molecular flexibility index (Phi) is 4.15. The minimum Gasteiger partial charge on any atom is -0.395 e. The maximum atomic E-state index is 12.1. The first kappa shape index (κ1) is 11.8. The van der Waals surface area contributed by atoms with E-state index in [0.29, 0.717) is 5.91 Å². The molecule has 1 unspecified atom stereocenters. The van der Waals surface area contributed by atoms with Crippen LogP contribution in [0.5, 0.6) is 0 Å². The van der Waals surface area contributed by atoms with Crippen LogP contribution in [0.4, 0.5) is 0 Å². The molecule has 2 N–H and O–H groups in total. The van der Waals surface area contributed by atoms with Crippen molar-refractivity contribution in [2.75, 3.05) is 52.4 Å². The molecule has 0 saturated carbocycles. The smallest absolute Gasteiger partial charge is 0.227 e. The average molecular weight is 227 g/mol. The Morgan fingerprint density at radius 3 is 2.62 bits per heavy atom. The largest absolute Gasteiger partial charge is 0.395 e. The number of carbonyl (C=O) groups is 1. The minimum absolute atomic E-state index is 0.199. The zero-order chi connectivity index (χ0) is 11.4. The summed E-state index contributed by atoms with van der Waals surface area (Å²) in [5.41, 5.74) is 0. The lowest BCUT2D eigenvalue weighted by molar-refractivity contribution is -0.136. The molecule has 2 heterocycles. The van der Waals surface area contributed by atoms with Gasteiger partial charge in [-0.2, -0.15) is 0 Å². The predicted molar refractivity (Wildman–Crippen MR) is 61.1 cm³/mol. The first-order valence-corrected chi connectivity index (χ1v) is 6.14. The topological polar surface area (TPSA) is 55.8 Å². The molecular formula is C11H21N3O2. The van der Waals surface area contributed by atoms with Crippen molar-refractivity contribution in [1.29, 1.82) is 0 Å². The average Bonchev–Trinajstić information content (AvgIpc) is 2.83. The number of β-amino-alcohol motifs (C(OH)–C–C–N with tert-alkyl or cyclic N) is 1. The number of carbonyl (C=O) groups excluding carboxylic acids is 1. The van der Waals surface area contributed by atoms with E-state index in [1.165, 1.54) is 0 Å². The lowest BCUT2D eigenvalue weighted by Crippen LogP contribution is -2.51. The lowest BCUT2D eigenvalue weighted by atomic mass is 10.1. The molecule has 1 atom stereocenters. The van der Waals surface area contributed by atoms with Gasteiger partial charge in [-0.1, -0.05) is 0 Å². The molecular weight excluding hydrogens is 206 g/mol. The Hall–Kier alpha value is -0.650. The normalized spacial score (nSPS) is 27.3. The molecule has 0 spiro atoms. The van der Waals surface area contributed by atoms with E-state index in [1.54, 1.807) is 0 Å². The monoisotopic (exact) mass is 227 g/mol. The zero-order valence-electron chi connectivity index (χ0n) is 9.69. The number of aliphatic hydroxyl groups is 1. The van der Waals surface area contributed by atoms with Gasteiger partial charge in [0, 0.05) is 39.3 Å². The predicted octanol–water partition coefficient (Wildman–Crippen LogP) is -1.27. The molecule has 0 aliphatic carbocycles. The molecule has 0 aromatic rings. The number of nitrogens with one attached hydrogen (secondary N) is 1. The van der Waals surface area contributed by atoms with E-state index in [9.17, 15) is 4.79 Å². The summed E-state index contributed by atoms with van der Waals surface area (Å²) in [5.74, 6) is 0.512. The van der Waals surface area contributed by atoms with Crippen LogP contribution >= 0.6 is 0 Å². The molecule has 5 nitrogen and oxygen atoms in total. The fourth-order valence-corrected chi connectivity index (χ4v) is 2.46. The van der Waals surface area contributed by atoms with E-state index in [2.05, 4.69) is 10.2 Å². The third-order valence-electron chi connectivity index (χ3n) is 3.51. The number of nitrogens with zero attached hydrogens (tertiary/aromatic N) is 2. The van der Waals surface area contributed by atoms with Crippen molar-refractivity contribution >= 4 is 5.91 Å². The van der Waals surface area contributed by atoms with Crippen LogP contribution in [0.15, 0.2) is 0 Å². The first-order valence-electron chi connectivity index (χ1n) is 6.14. The van der Waals surface area contributed by atoms with Gasteiger partial charge in [0.25, 0.3) is 0 Å². The molecule has 0 bridgehead atoms. The summed E-state index contributed by atoms with van der Waals surface area (Å²) < 4.78 is 0. The van der Waals surface area contributed by atoms with Crippen molar-refractivity contribution in [3.8, 4) is 0 Å². The molecule has 92 valence electrons. The van der Waals surface area contributed by atoms with Crippen molar-refractivity contribution in [2.24, 2.45) is 5.92 Å². The molecule has 0 radical (unpaired) electrons. The van der Waals surface area contributed by atoms with Crippen LogP contribution in [0.25, 0.3) is 0 Å². The summed E-state index contributed by atoms with van der Waals surface area (Å²) in [4.78, 5) is 16.3. The summed E-state index contributed by atoms with van der Waals surface area (Å²) in [6, 6.07) is 0. The number of amides is 1. The quantitative estimate of drug-likeness (QED) is 0.631. The van der Waals surface area contributed by atoms with Gasteiger partial charge < -0.3 is 15.3 Å². The summed E-state index contributed by atoms with van der Waals surface area (Å²) in [6.07, 6.45) is 0.982. The molecule has 2 aliphatic heterocycles. The van der Waals surface area contributed by atoms with Crippen LogP contribution in [0, 0.1) is 5.92 Å². The van der Waals surface area contributed by atoms with E-state index in [-0.39, 0.29) is 12.5 Å².